The molecule has 1 aliphatic heterocycles. The van der Waals surface area contributed by atoms with E-state index >= 15 is 0 Å². The van der Waals surface area contributed by atoms with E-state index in [-0.39, 0.29) is 11.8 Å². The number of rotatable bonds is 5. The minimum atomic E-state index is -0.134. The largest absolute Gasteiger partial charge is 0.459 e. The fourth-order valence-electron chi connectivity index (χ4n) is 3.10. The molecule has 0 N–H and O–H groups in total. The first-order valence-electron chi connectivity index (χ1n) is 9.33. The average Bonchev–Trinajstić information content (AvgIpc) is 3.33. The van der Waals surface area contributed by atoms with Gasteiger partial charge in [-0.3, -0.25) is 9.59 Å². The lowest BCUT2D eigenvalue weighted by Crippen LogP contribution is -2.51. The van der Waals surface area contributed by atoms with E-state index in [1.165, 1.54) is 18.0 Å². The molecule has 0 atom stereocenters. The SMILES string of the molecule is O=C(CSc1ccc(-c2ccccc2)nn1)N1CCN(C(=O)c2ccco2)CC1. The molecule has 2 amide bonds. The molecule has 2 aromatic heterocycles. The molecule has 3 aromatic rings. The minimum Gasteiger partial charge on any atom is -0.459 e. The van der Waals surface area contributed by atoms with Crippen LogP contribution in [0.5, 0.6) is 0 Å². The second kappa shape index (κ2) is 8.91. The zero-order valence-corrected chi connectivity index (χ0v) is 16.5. The van der Waals surface area contributed by atoms with Crippen LogP contribution in [0.25, 0.3) is 11.3 Å². The lowest BCUT2D eigenvalue weighted by molar-refractivity contribution is -0.129. The first-order valence-corrected chi connectivity index (χ1v) is 10.3. The van der Waals surface area contributed by atoms with Gasteiger partial charge < -0.3 is 14.2 Å². The lowest BCUT2D eigenvalue weighted by atomic mass is 10.1. The lowest BCUT2D eigenvalue weighted by Gasteiger charge is -2.34. The van der Waals surface area contributed by atoms with E-state index in [9.17, 15) is 9.59 Å². The summed E-state index contributed by atoms with van der Waals surface area (Å²) in [5.41, 5.74) is 1.81. The van der Waals surface area contributed by atoms with Crippen LogP contribution in [0, 0.1) is 0 Å². The summed E-state index contributed by atoms with van der Waals surface area (Å²) in [5, 5.41) is 9.17. The molecule has 0 unspecified atom stereocenters. The summed E-state index contributed by atoms with van der Waals surface area (Å²) in [5.74, 6) is 0.531. The van der Waals surface area contributed by atoms with Crippen molar-refractivity contribution in [3.05, 3.63) is 66.6 Å². The van der Waals surface area contributed by atoms with Gasteiger partial charge in [-0.15, -0.1) is 10.2 Å². The van der Waals surface area contributed by atoms with Crippen molar-refractivity contribution in [1.82, 2.24) is 20.0 Å². The van der Waals surface area contributed by atoms with E-state index in [4.69, 9.17) is 4.42 Å². The van der Waals surface area contributed by atoms with Crippen LogP contribution in [0.15, 0.2) is 70.3 Å². The van der Waals surface area contributed by atoms with Crippen LogP contribution in [-0.2, 0) is 4.79 Å². The van der Waals surface area contributed by atoms with Crippen LogP contribution in [0.2, 0.25) is 0 Å². The van der Waals surface area contributed by atoms with Crippen LogP contribution < -0.4 is 0 Å². The molecule has 0 saturated carbocycles. The Morgan fingerprint density at radius 2 is 1.66 bits per heavy atom. The molecule has 7 nitrogen and oxygen atoms in total. The molecule has 3 heterocycles. The highest BCUT2D eigenvalue weighted by Crippen LogP contribution is 2.20. The van der Waals surface area contributed by atoms with Crippen molar-refractivity contribution in [2.45, 2.75) is 5.03 Å². The molecule has 4 rings (SSSR count). The molecule has 1 aliphatic rings. The number of carbonyl (C=O) groups is 2. The Bertz CT molecular complexity index is 953. The Hall–Kier alpha value is -3.13. The molecule has 29 heavy (non-hydrogen) atoms. The van der Waals surface area contributed by atoms with Crippen molar-refractivity contribution in [3.8, 4) is 11.3 Å². The summed E-state index contributed by atoms with van der Waals surface area (Å²) in [6, 6.07) is 17.0. The van der Waals surface area contributed by atoms with E-state index in [0.717, 1.165) is 11.3 Å². The molecule has 0 bridgehead atoms. The molecule has 0 radical (unpaired) electrons. The fraction of sp³-hybridized carbons (Fsp3) is 0.238. The van der Waals surface area contributed by atoms with Gasteiger partial charge in [0.05, 0.1) is 17.7 Å². The van der Waals surface area contributed by atoms with Gasteiger partial charge in [-0.05, 0) is 24.3 Å². The highest BCUT2D eigenvalue weighted by molar-refractivity contribution is 7.99. The minimum absolute atomic E-state index is 0.0361. The zero-order valence-electron chi connectivity index (χ0n) is 15.7. The number of piperazine rings is 1. The molecule has 1 fully saturated rings. The third-order valence-electron chi connectivity index (χ3n) is 4.70. The Balaban J connectivity index is 1.26. The molecule has 0 spiro atoms. The van der Waals surface area contributed by atoms with Crippen molar-refractivity contribution in [1.29, 1.82) is 0 Å². The number of aromatic nitrogens is 2. The van der Waals surface area contributed by atoms with Crippen LogP contribution in [0.1, 0.15) is 10.6 Å². The van der Waals surface area contributed by atoms with Crippen LogP contribution in [-0.4, -0.2) is 63.7 Å². The van der Waals surface area contributed by atoms with E-state index in [1.54, 1.807) is 21.9 Å². The summed E-state index contributed by atoms with van der Waals surface area (Å²) in [4.78, 5) is 28.3. The average molecular weight is 408 g/mol. The molecular weight excluding hydrogens is 388 g/mol. The molecule has 1 saturated heterocycles. The van der Waals surface area contributed by atoms with Gasteiger partial charge in [-0.1, -0.05) is 42.1 Å². The van der Waals surface area contributed by atoms with Crippen molar-refractivity contribution < 1.29 is 14.0 Å². The van der Waals surface area contributed by atoms with E-state index < -0.39 is 0 Å². The predicted molar refractivity (Wildman–Crippen MR) is 109 cm³/mol. The van der Waals surface area contributed by atoms with Gasteiger partial charge >= 0.3 is 0 Å². The van der Waals surface area contributed by atoms with Crippen LogP contribution in [0.3, 0.4) is 0 Å². The zero-order chi connectivity index (χ0) is 20.1. The number of hydrogen-bond donors (Lipinski definition) is 0. The van der Waals surface area contributed by atoms with Gasteiger partial charge in [0.1, 0.15) is 5.03 Å². The third kappa shape index (κ3) is 4.65. The van der Waals surface area contributed by atoms with Crippen molar-refractivity contribution in [2.24, 2.45) is 0 Å². The highest BCUT2D eigenvalue weighted by atomic mass is 32.2. The molecule has 8 heteroatoms. The van der Waals surface area contributed by atoms with E-state index in [0.29, 0.717) is 42.7 Å². The van der Waals surface area contributed by atoms with Gasteiger partial charge in [0.15, 0.2) is 5.76 Å². The van der Waals surface area contributed by atoms with Crippen LogP contribution >= 0.6 is 11.8 Å². The van der Waals surface area contributed by atoms with Gasteiger partial charge in [-0.25, -0.2) is 0 Å². The summed E-state index contributed by atoms with van der Waals surface area (Å²) in [7, 11) is 0. The Morgan fingerprint density at radius 3 is 2.31 bits per heavy atom. The summed E-state index contributed by atoms with van der Waals surface area (Å²) in [6.45, 7) is 2.04. The Labute approximate surface area is 172 Å². The molecular formula is C21H20N4O3S. The van der Waals surface area contributed by atoms with Crippen molar-refractivity contribution >= 4 is 23.6 Å². The number of furan rings is 1. The summed E-state index contributed by atoms with van der Waals surface area (Å²) in [6.07, 6.45) is 1.49. The first kappa shape index (κ1) is 19.2. The topological polar surface area (TPSA) is 79.5 Å². The Morgan fingerprint density at radius 1 is 0.897 bits per heavy atom. The van der Waals surface area contributed by atoms with Crippen molar-refractivity contribution in [2.75, 3.05) is 31.9 Å². The van der Waals surface area contributed by atoms with Gasteiger partial charge in [-0.2, -0.15) is 0 Å². The van der Waals surface area contributed by atoms with Crippen molar-refractivity contribution in [3.63, 3.8) is 0 Å². The standard InChI is InChI=1S/C21H20N4O3S/c26-20(24-10-12-25(13-11-24)21(27)18-7-4-14-28-18)15-29-19-9-8-17(22-23-19)16-5-2-1-3-6-16/h1-9,14H,10-13,15H2. The monoisotopic (exact) mass is 408 g/mol. The molecule has 0 aliphatic carbocycles. The first-order chi connectivity index (χ1) is 14.2. The Kier molecular flexibility index (Phi) is 5.90. The summed E-state index contributed by atoms with van der Waals surface area (Å²) < 4.78 is 5.16. The van der Waals surface area contributed by atoms with Gasteiger partial charge in [0.25, 0.3) is 5.91 Å². The number of thioether (sulfide) groups is 1. The number of nitrogens with zero attached hydrogens (tertiary/aromatic N) is 4. The maximum absolute atomic E-state index is 12.5. The maximum Gasteiger partial charge on any atom is 0.289 e. The third-order valence-corrected chi connectivity index (χ3v) is 5.61. The molecule has 1 aromatic carbocycles. The maximum atomic E-state index is 12.5. The van der Waals surface area contributed by atoms with Gasteiger partial charge in [0.2, 0.25) is 5.91 Å². The second-order valence-electron chi connectivity index (χ2n) is 6.56. The number of benzene rings is 1. The highest BCUT2D eigenvalue weighted by Gasteiger charge is 2.26. The van der Waals surface area contributed by atoms with Gasteiger partial charge in [0, 0.05) is 31.7 Å². The second-order valence-corrected chi connectivity index (χ2v) is 7.56. The summed E-state index contributed by atoms with van der Waals surface area (Å²) >= 11 is 1.37. The number of hydrogen-bond acceptors (Lipinski definition) is 6. The molecule has 148 valence electrons. The number of carbonyl (C=O) groups excluding carboxylic acids is 2. The number of amides is 2. The predicted octanol–water partition coefficient (Wildman–Crippen LogP) is 2.81. The van der Waals surface area contributed by atoms with Crippen LogP contribution in [0.4, 0.5) is 0 Å². The normalized spacial score (nSPS) is 14.1. The smallest absolute Gasteiger partial charge is 0.289 e. The van der Waals surface area contributed by atoms with E-state index in [1.807, 2.05) is 42.5 Å². The quantitative estimate of drug-likeness (QED) is 0.604. The fourth-order valence-corrected chi connectivity index (χ4v) is 3.82. The van der Waals surface area contributed by atoms with E-state index in [2.05, 4.69) is 10.2 Å².